The summed E-state index contributed by atoms with van der Waals surface area (Å²) in [6.07, 6.45) is 5.46. The van der Waals surface area contributed by atoms with Crippen molar-refractivity contribution in [2.45, 2.75) is 24.7 Å². The van der Waals surface area contributed by atoms with E-state index in [0.717, 1.165) is 33.2 Å². The predicted molar refractivity (Wildman–Crippen MR) is 115 cm³/mol. The Morgan fingerprint density at radius 3 is 2.66 bits per heavy atom. The van der Waals surface area contributed by atoms with Crippen molar-refractivity contribution in [3.05, 3.63) is 95.4 Å². The van der Waals surface area contributed by atoms with Crippen LogP contribution >= 0.6 is 0 Å². The monoisotopic (exact) mass is 405 g/mol. The number of aryl methyl sites for hydroxylation is 2. The second-order valence-corrected chi connectivity index (χ2v) is 8.98. The van der Waals surface area contributed by atoms with Crippen molar-refractivity contribution in [3.8, 4) is 0 Å². The van der Waals surface area contributed by atoms with E-state index < -0.39 is 10.0 Å². The first-order valence-electron chi connectivity index (χ1n) is 9.48. The van der Waals surface area contributed by atoms with E-state index in [2.05, 4.69) is 14.7 Å². The molecule has 2 heterocycles. The maximum atomic E-state index is 13.0. The van der Waals surface area contributed by atoms with Gasteiger partial charge in [0.1, 0.15) is 0 Å². The summed E-state index contributed by atoms with van der Waals surface area (Å²) in [6, 6.07) is 17.2. The number of hydrogen-bond acceptors (Lipinski definition) is 3. The molecule has 0 saturated heterocycles. The molecule has 6 heteroatoms. The van der Waals surface area contributed by atoms with Crippen LogP contribution in [0.1, 0.15) is 28.2 Å². The first-order valence-corrected chi connectivity index (χ1v) is 11.0. The van der Waals surface area contributed by atoms with Crippen molar-refractivity contribution in [2.24, 2.45) is 0 Å². The van der Waals surface area contributed by atoms with Gasteiger partial charge in [-0.15, -0.1) is 0 Å². The van der Waals surface area contributed by atoms with E-state index in [0.29, 0.717) is 4.90 Å². The Balaban J connectivity index is 1.70. The number of sulfonamides is 1. The van der Waals surface area contributed by atoms with Crippen molar-refractivity contribution >= 4 is 20.9 Å². The molecule has 0 bridgehead atoms. The molecule has 0 saturated carbocycles. The van der Waals surface area contributed by atoms with Gasteiger partial charge in [0, 0.05) is 42.0 Å². The topological polar surface area (TPSA) is 74.8 Å². The molecule has 0 amide bonds. The van der Waals surface area contributed by atoms with E-state index >= 15 is 0 Å². The van der Waals surface area contributed by atoms with Crippen molar-refractivity contribution in [1.29, 1.82) is 0 Å². The Labute approximate surface area is 170 Å². The molecule has 2 aromatic heterocycles. The zero-order valence-corrected chi connectivity index (χ0v) is 17.2. The van der Waals surface area contributed by atoms with Gasteiger partial charge in [-0.2, -0.15) is 0 Å². The van der Waals surface area contributed by atoms with Crippen LogP contribution in [-0.2, 0) is 10.0 Å². The summed E-state index contributed by atoms with van der Waals surface area (Å²) in [6.45, 7) is 4.01. The SMILES string of the molecule is Cc1ccc(S(=O)(=O)NC[C@H](c2cccnc2)c2c[nH]c3ccccc23)c(C)c1. The summed E-state index contributed by atoms with van der Waals surface area (Å²) >= 11 is 0. The number of nitrogens with zero attached hydrogens (tertiary/aromatic N) is 1. The third-order valence-corrected chi connectivity index (χ3v) is 6.76. The third kappa shape index (κ3) is 3.95. The van der Waals surface area contributed by atoms with Gasteiger partial charge in [0.25, 0.3) is 0 Å². The van der Waals surface area contributed by atoms with E-state index in [1.807, 2.05) is 68.6 Å². The minimum absolute atomic E-state index is 0.166. The molecule has 0 aliphatic carbocycles. The van der Waals surface area contributed by atoms with Crippen LogP contribution in [0.25, 0.3) is 10.9 Å². The van der Waals surface area contributed by atoms with Gasteiger partial charge in [-0.1, -0.05) is 42.0 Å². The molecule has 29 heavy (non-hydrogen) atoms. The van der Waals surface area contributed by atoms with Gasteiger partial charge in [0.15, 0.2) is 0 Å². The fraction of sp³-hybridized carbons (Fsp3) is 0.174. The van der Waals surface area contributed by atoms with Gasteiger partial charge in [-0.25, -0.2) is 13.1 Å². The molecule has 148 valence electrons. The fourth-order valence-electron chi connectivity index (χ4n) is 3.74. The number of aromatic amines is 1. The summed E-state index contributed by atoms with van der Waals surface area (Å²) in [4.78, 5) is 7.83. The van der Waals surface area contributed by atoms with E-state index in [4.69, 9.17) is 0 Å². The molecule has 0 spiro atoms. The largest absolute Gasteiger partial charge is 0.361 e. The second kappa shape index (κ2) is 7.81. The lowest BCUT2D eigenvalue weighted by molar-refractivity contribution is 0.577. The smallest absolute Gasteiger partial charge is 0.240 e. The van der Waals surface area contributed by atoms with Crippen LogP contribution in [0.3, 0.4) is 0 Å². The van der Waals surface area contributed by atoms with Gasteiger partial charge in [0.05, 0.1) is 4.90 Å². The fourth-order valence-corrected chi connectivity index (χ4v) is 5.01. The first-order chi connectivity index (χ1) is 14.0. The second-order valence-electron chi connectivity index (χ2n) is 7.25. The average molecular weight is 406 g/mol. The van der Waals surface area contributed by atoms with E-state index in [1.54, 1.807) is 18.5 Å². The van der Waals surface area contributed by atoms with Gasteiger partial charge in [0.2, 0.25) is 10.0 Å². The molecule has 2 N–H and O–H groups in total. The van der Waals surface area contributed by atoms with E-state index in [9.17, 15) is 8.42 Å². The van der Waals surface area contributed by atoms with Gasteiger partial charge < -0.3 is 4.98 Å². The van der Waals surface area contributed by atoms with Gasteiger partial charge in [-0.3, -0.25) is 4.98 Å². The standard InChI is InChI=1S/C23H23N3O2S/c1-16-9-10-23(17(2)12-16)29(27,28)26-15-20(18-6-5-11-24-13-18)21-14-25-22-8-4-3-7-19(21)22/h3-14,20,25-26H,15H2,1-2H3/t20-/m1/s1. The highest BCUT2D eigenvalue weighted by molar-refractivity contribution is 7.89. The quantitative estimate of drug-likeness (QED) is 0.502. The van der Waals surface area contributed by atoms with Crippen LogP contribution in [0.15, 0.2) is 78.1 Å². The Morgan fingerprint density at radius 1 is 1.07 bits per heavy atom. The zero-order chi connectivity index (χ0) is 20.4. The molecule has 0 fully saturated rings. The number of aromatic nitrogens is 2. The Morgan fingerprint density at radius 2 is 1.90 bits per heavy atom. The molecule has 1 atom stereocenters. The van der Waals surface area contributed by atoms with Crippen molar-refractivity contribution in [1.82, 2.24) is 14.7 Å². The number of para-hydroxylation sites is 1. The number of fused-ring (bicyclic) bond motifs is 1. The lowest BCUT2D eigenvalue weighted by Gasteiger charge is -2.18. The molecular formula is C23H23N3O2S. The summed E-state index contributed by atoms with van der Waals surface area (Å²) in [5.74, 6) is -0.166. The van der Waals surface area contributed by atoms with Crippen molar-refractivity contribution in [2.75, 3.05) is 6.54 Å². The minimum Gasteiger partial charge on any atom is -0.361 e. The maximum absolute atomic E-state index is 13.0. The van der Waals surface area contributed by atoms with Crippen molar-refractivity contribution < 1.29 is 8.42 Å². The van der Waals surface area contributed by atoms with Crippen molar-refractivity contribution in [3.63, 3.8) is 0 Å². The number of benzene rings is 2. The zero-order valence-electron chi connectivity index (χ0n) is 16.4. The highest BCUT2D eigenvalue weighted by Gasteiger charge is 2.23. The molecular weight excluding hydrogens is 382 g/mol. The van der Waals surface area contributed by atoms with Gasteiger partial charge >= 0.3 is 0 Å². The first kappa shape index (κ1) is 19.4. The number of pyridine rings is 1. The Hall–Kier alpha value is -2.96. The van der Waals surface area contributed by atoms with Crippen LogP contribution in [0, 0.1) is 13.8 Å². The van der Waals surface area contributed by atoms with Crippen LogP contribution < -0.4 is 4.72 Å². The summed E-state index contributed by atoms with van der Waals surface area (Å²) in [5, 5.41) is 1.08. The summed E-state index contributed by atoms with van der Waals surface area (Å²) < 4.78 is 28.8. The molecule has 4 rings (SSSR count). The van der Waals surface area contributed by atoms with Crippen LogP contribution in [0.2, 0.25) is 0 Å². The van der Waals surface area contributed by atoms with Crippen LogP contribution in [0.4, 0.5) is 0 Å². The van der Waals surface area contributed by atoms with Crippen LogP contribution in [0.5, 0.6) is 0 Å². The average Bonchev–Trinajstić information content (AvgIpc) is 3.13. The number of hydrogen-bond donors (Lipinski definition) is 2. The predicted octanol–water partition coefficient (Wildman–Crippen LogP) is 4.29. The van der Waals surface area contributed by atoms with E-state index in [-0.39, 0.29) is 12.5 Å². The highest BCUT2D eigenvalue weighted by Crippen LogP contribution is 2.30. The van der Waals surface area contributed by atoms with Crippen LogP contribution in [-0.4, -0.2) is 24.9 Å². The molecule has 2 aromatic carbocycles. The molecule has 5 nitrogen and oxygen atoms in total. The maximum Gasteiger partial charge on any atom is 0.240 e. The number of H-pyrrole nitrogens is 1. The lowest BCUT2D eigenvalue weighted by atomic mass is 9.92. The lowest BCUT2D eigenvalue weighted by Crippen LogP contribution is -2.29. The molecule has 4 aromatic rings. The molecule has 0 aliphatic heterocycles. The third-order valence-electron chi connectivity index (χ3n) is 5.18. The number of nitrogens with one attached hydrogen (secondary N) is 2. The summed E-state index contributed by atoms with van der Waals surface area (Å²) in [7, 11) is -3.64. The minimum atomic E-state index is -3.64. The highest BCUT2D eigenvalue weighted by atomic mass is 32.2. The molecule has 0 unspecified atom stereocenters. The number of rotatable bonds is 6. The molecule has 0 aliphatic rings. The van der Waals surface area contributed by atoms with Gasteiger partial charge in [-0.05, 0) is 48.7 Å². The Kier molecular flexibility index (Phi) is 5.22. The summed E-state index contributed by atoms with van der Waals surface area (Å²) in [5.41, 5.74) is 4.79. The normalized spacial score (nSPS) is 12.9. The van der Waals surface area contributed by atoms with E-state index in [1.165, 1.54) is 0 Å². The Bertz CT molecular complexity index is 1250. The molecule has 0 radical (unpaired) electrons.